The van der Waals surface area contributed by atoms with Crippen LogP contribution in [0.5, 0.6) is 0 Å². The summed E-state index contributed by atoms with van der Waals surface area (Å²) in [5, 5.41) is 6.44. The summed E-state index contributed by atoms with van der Waals surface area (Å²) in [5.41, 5.74) is 0.174. The second-order valence-corrected chi connectivity index (χ2v) is 6.34. The third-order valence-electron chi connectivity index (χ3n) is 3.54. The lowest BCUT2D eigenvalue weighted by Crippen LogP contribution is -2.17. The minimum Gasteiger partial charge on any atom is -0.324 e. The minimum absolute atomic E-state index is 0.00689. The molecule has 134 valence electrons. The zero-order valence-electron chi connectivity index (χ0n) is 13.2. The van der Waals surface area contributed by atoms with Gasteiger partial charge in [-0.05, 0) is 35.9 Å². The number of aromatic nitrogens is 3. The first-order valence-electron chi connectivity index (χ1n) is 7.43. The highest BCUT2D eigenvalue weighted by Gasteiger charge is 2.31. The number of halogens is 4. The molecule has 0 unspecified atom stereocenters. The molecule has 26 heavy (non-hydrogen) atoms. The van der Waals surface area contributed by atoms with Crippen LogP contribution in [-0.4, -0.2) is 20.7 Å². The summed E-state index contributed by atoms with van der Waals surface area (Å²) in [7, 11) is 0. The number of anilines is 1. The lowest BCUT2D eigenvalue weighted by atomic mass is 10.1. The summed E-state index contributed by atoms with van der Waals surface area (Å²) in [6.45, 7) is 0. The van der Waals surface area contributed by atoms with E-state index in [2.05, 4.69) is 31.3 Å². The van der Waals surface area contributed by atoms with Crippen LogP contribution in [0.25, 0.3) is 5.69 Å². The van der Waals surface area contributed by atoms with E-state index in [1.54, 1.807) is 24.3 Å². The maximum absolute atomic E-state index is 13.0. The fourth-order valence-electron chi connectivity index (χ4n) is 2.33. The molecule has 0 aliphatic rings. The van der Waals surface area contributed by atoms with E-state index in [0.29, 0.717) is 5.69 Å². The van der Waals surface area contributed by atoms with Crippen molar-refractivity contribution in [2.24, 2.45) is 0 Å². The number of hydrogen-bond acceptors (Lipinski definition) is 3. The third kappa shape index (κ3) is 4.29. The van der Waals surface area contributed by atoms with Crippen molar-refractivity contribution in [3.05, 3.63) is 70.7 Å². The highest BCUT2D eigenvalue weighted by Crippen LogP contribution is 2.33. The Morgan fingerprint density at radius 1 is 1.15 bits per heavy atom. The van der Waals surface area contributed by atoms with Crippen molar-refractivity contribution in [1.82, 2.24) is 14.8 Å². The van der Waals surface area contributed by atoms with E-state index in [1.807, 2.05) is 0 Å². The largest absolute Gasteiger partial charge is 0.416 e. The van der Waals surface area contributed by atoms with Crippen LogP contribution in [0.1, 0.15) is 11.1 Å². The number of carbonyl (C=O) groups is 1. The van der Waals surface area contributed by atoms with Crippen LogP contribution in [-0.2, 0) is 17.4 Å². The van der Waals surface area contributed by atoms with Crippen LogP contribution >= 0.6 is 15.9 Å². The van der Waals surface area contributed by atoms with Gasteiger partial charge in [0.15, 0.2) is 0 Å². The van der Waals surface area contributed by atoms with Crippen molar-refractivity contribution in [3.63, 3.8) is 0 Å². The Hall–Kier alpha value is -2.68. The Kier molecular flexibility index (Phi) is 5.08. The SMILES string of the molecule is O=C(Cc1ccc(Br)cc1)Nc1cc(C(F)(F)F)ccc1-n1cncn1. The van der Waals surface area contributed by atoms with Gasteiger partial charge in [0.25, 0.3) is 0 Å². The molecule has 3 rings (SSSR count). The first kappa shape index (κ1) is 18.1. The lowest BCUT2D eigenvalue weighted by Gasteiger charge is -2.14. The van der Waals surface area contributed by atoms with E-state index in [1.165, 1.54) is 23.4 Å². The summed E-state index contributed by atoms with van der Waals surface area (Å²) >= 11 is 3.30. The predicted octanol–water partition coefficient (Wildman–Crippen LogP) is 4.23. The highest BCUT2D eigenvalue weighted by atomic mass is 79.9. The first-order chi connectivity index (χ1) is 12.3. The molecule has 0 atom stereocenters. The second-order valence-electron chi connectivity index (χ2n) is 5.42. The van der Waals surface area contributed by atoms with Crippen LogP contribution in [0.15, 0.2) is 59.6 Å². The van der Waals surface area contributed by atoms with Gasteiger partial charge < -0.3 is 5.32 Å². The number of amides is 1. The van der Waals surface area contributed by atoms with Gasteiger partial charge >= 0.3 is 6.18 Å². The lowest BCUT2D eigenvalue weighted by molar-refractivity contribution is -0.137. The molecule has 9 heteroatoms. The van der Waals surface area contributed by atoms with Crippen molar-refractivity contribution in [1.29, 1.82) is 0 Å². The van der Waals surface area contributed by atoms with Gasteiger partial charge in [-0.25, -0.2) is 9.67 Å². The van der Waals surface area contributed by atoms with E-state index in [9.17, 15) is 18.0 Å². The maximum Gasteiger partial charge on any atom is 0.416 e. The minimum atomic E-state index is -4.52. The Bertz CT molecular complexity index is 909. The number of nitrogens with zero attached hydrogens (tertiary/aromatic N) is 3. The van der Waals surface area contributed by atoms with E-state index >= 15 is 0 Å². The van der Waals surface area contributed by atoms with Crippen molar-refractivity contribution < 1.29 is 18.0 Å². The Labute approximate surface area is 155 Å². The third-order valence-corrected chi connectivity index (χ3v) is 4.07. The topological polar surface area (TPSA) is 59.8 Å². The van der Waals surface area contributed by atoms with E-state index in [0.717, 1.165) is 22.2 Å². The van der Waals surface area contributed by atoms with Gasteiger partial charge in [-0.1, -0.05) is 28.1 Å². The van der Waals surface area contributed by atoms with Gasteiger partial charge in [0.05, 0.1) is 23.4 Å². The van der Waals surface area contributed by atoms with E-state index in [-0.39, 0.29) is 12.1 Å². The fourth-order valence-corrected chi connectivity index (χ4v) is 2.59. The fraction of sp³-hybridized carbons (Fsp3) is 0.118. The molecular formula is C17H12BrF3N4O. The molecule has 1 aromatic heterocycles. The second kappa shape index (κ2) is 7.28. The van der Waals surface area contributed by atoms with Gasteiger partial charge in [0.1, 0.15) is 12.7 Å². The molecule has 0 aliphatic heterocycles. The molecule has 5 nitrogen and oxygen atoms in total. The molecule has 0 saturated heterocycles. The summed E-state index contributed by atoms with van der Waals surface area (Å²) in [5.74, 6) is -0.437. The summed E-state index contributed by atoms with van der Waals surface area (Å²) < 4.78 is 41.2. The Morgan fingerprint density at radius 3 is 2.50 bits per heavy atom. The summed E-state index contributed by atoms with van der Waals surface area (Å²) in [4.78, 5) is 16.1. The molecule has 1 N–H and O–H groups in total. The highest BCUT2D eigenvalue weighted by molar-refractivity contribution is 9.10. The predicted molar refractivity (Wildman–Crippen MR) is 92.8 cm³/mol. The van der Waals surface area contributed by atoms with Crippen LogP contribution in [0.2, 0.25) is 0 Å². The van der Waals surface area contributed by atoms with E-state index < -0.39 is 17.6 Å². The Morgan fingerprint density at radius 2 is 1.88 bits per heavy atom. The molecule has 0 fully saturated rings. The van der Waals surface area contributed by atoms with Crippen LogP contribution in [0.4, 0.5) is 18.9 Å². The molecule has 1 heterocycles. The van der Waals surface area contributed by atoms with Crippen LogP contribution in [0.3, 0.4) is 0 Å². The first-order valence-corrected chi connectivity index (χ1v) is 8.23. The van der Waals surface area contributed by atoms with Crippen molar-refractivity contribution in [2.75, 3.05) is 5.32 Å². The summed E-state index contributed by atoms with van der Waals surface area (Å²) in [6.07, 6.45) is -1.90. The maximum atomic E-state index is 13.0. The normalized spacial score (nSPS) is 11.4. The van der Waals surface area contributed by atoms with E-state index in [4.69, 9.17) is 0 Å². The van der Waals surface area contributed by atoms with Gasteiger partial charge in [-0.3, -0.25) is 4.79 Å². The molecule has 0 aliphatic carbocycles. The molecule has 0 spiro atoms. The van der Waals surface area contributed by atoms with Gasteiger partial charge in [0, 0.05) is 4.47 Å². The van der Waals surface area contributed by atoms with Crippen LogP contribution < -0.4 is 5.32 Å². The monoisotopic (exact) mass is 424 g/mol. The molecular weight excluding hydrogens is 413 g/mol. The zero-order chi connectivity index (χ0) is 18.7. The van der Waals surface area contributed by atoms with Crippen molar-refractivity contribution >= 4 is 27.5 Å². The molecule has 2 aromatic carbocycles. The zero-order valence-corrected chi connectivity index (χ0v) is 14.8. The van der Waals surface area contributed by atoms with Gasteiger partial charge in [-0.2, -0.15) is 18.3 Å². The average Bonchev–Trinajstić information content (AvgIpc) is 3.10. The number of nitrogens with one attached hydrogen (secondary N) is 1. The molecule has 1 amide bonds. The van der Waals surface area contributed by atoms with Gasteiger partial charge in [0.2, 0.25) is 5.91 Å². The number of rotatable bonds is 4. The molecule has 3 aromatic rings. The smallest absolute Gasteiger partial charge is 0.324 e. The molecule has 0 saturated carbocycles. The quantitative estimate of drug-likeness (QED) is 0.681. The average molecular weight is 425 g/mol. The number of alkyl halides is 3. The number of benzene rings is 2. The summed E-state index contributed by atoms with van der Waals surface area (Å²) in [6, 6.07) is 10.1. The molecule has 0 radical (unpaired) electrons. The number of carbonyl (C=O) groups excluding carboxylic acids is 1. The van der Waals surface area contributed by atoms with Crippen LogP contribution in [0, 0.1) is 0 Å². The number of hydrogen-bond donors (Lipinski definition) is 1. The standard InChI is InChI=1S/C17H12BrF3N4O/c18-13-4-1-11(2-5-13)7-16(26)24-14-8-12(17(19,20)21)3-6-15(14)25-10-22-9-23-25/h1-6,8-10H,7H2,(H,24,26). The van der Waals surface area contributed by atoms with Crippen molar-refractivity contribution in [2.45, 2.75) is 12.6 Å². The van der Waals surface area contributed by atoms with Crippen molar-refractivity contribution in [3.8, 4) is 5.69 Å². The molecule has 0 bridgehead atoms. The Balaban J connectivity index is 1.88. The van der Waals surface area contributed by atoms with Gasteiger partial charge in [-0.15, -0.1) is 0 Å².